The Morgan fingerprint density at radius 2 is 2.29 bits per heavy atom. The molecule has 110 valence electrons. The average molecular weight is 302 g/mol. The van der Waals surface area contributed by atoms with Crippen molar-refractivity contribution in [2.24, 2.45) is 5.92 Å². The van der Waals surface area contributed by atoms with Gasteiger partial charge in [-0.25, -0.2) is 4.98 Å². The van der Waals surface area contributed by atoms with Crippen LogP contribution in [0.1, 0.15) is 25.7 Å². The van der Waals surface area contributed by atoms with Crippen LogP contribution in [0, 0.1) is 5.92 Å². The molecule has 1 aromatic heterocycles. The molecule has 0 bridgehead atoms. The quantitative estimate of drug-likeness (QED) is 0.900. The number of hydrogen-bond acceptors (Lipinski definition) is 4. The van der Waals surface area contributed by atoms with Crippen LogP contribution < -0.4 is 5.32 Å². The molecular weight excluding hydrogens is 284 g/mol. The maximum absolute atomic E-state index is 11.1. The van der Waals surface area contributed by atoms with Gasteiger partial charge in [0.25, 0.3) is 0 Å². The predicted molar refractivity (Wildman–Crippen MR) is 84.6 cm³/mol. The smallest absolute Gasteiger partial charge is 0.306 e. The number of carboxylic acid groups (broad SMARTS) is 1. The van der Waals surface area contributed by atoms with Crippen LogP contribution in [0.4, 0.5) is 5.69 Å². The fourth-order valence-corrected chi connectivity index (χ4v) is 3.52. The Hall–Kier alpha value is -1.88. The van der Waals surface area contributed by atoms with Crippen LogP contribution in [0.5, 0.6) is 0 Å². The number of rotatable bonds is 4. The lowest BCUT2D eigenvalue weighted by Gasteiger charge is -2.28. The summed E-state index contributed by atoms with van der Waals surface area (Å²) in [5.41, 5.74) is 2.14. The topological polar surface area (TPSA) is 62.2 Å². The molecule has 0 aliphatic heterocycles. The third-order valence-corrected chi connectivity index (χ3v) is 4.76. The summed E-state index contributed by atoms with van der Waals surface area (Å²) >= 11 is 1.62. The van der Waals surface area contributed by atoms with Crippen LogP contribution in [-0.4, -0.2) is 22.1 Å². The highest BCUT2D eigenvalue weighted by Crippen LogP contribution is 2.29. The van der Waals surface area contributed by atoms with Crippen molar-refractivity contribution in [3.05, 3.63) is 35.8 Å². The van der Waals surface area contributed by atoms with Gasteiger partial charge >= 0.3 is 5.97 Å². The second-order valence-corrected chi connectivity index (χ2v) is 6.36. The molecule has 1 aromatic carbocycles. The van der Waals surface area contributed by atoms with Crippen molar-refractivity contribution in [1.29, 1.82) is 0 Å². The van der Waals surface area contributed by atoms with Crippen LogP contribution >= 0.6 is 11.3 Å². The van der Waals surface area contributed by atoms with E-state index >= 15 is 0 Å². The van der Waals surface area contributed by atoms with Gasteiger partial charge in [-0.15, -0.1) is 11.3 Å². The number of nitrogens with zero attached hydrogens (tertiary/aromatic N) is 1. The fraction of sp³-hybridized carbons (Fsp3) is 0.375. The number of aromatic nitrogens is 1. The fourth-order valence-electron chi connectivity index (χ4n) is 2.89. The third kappa shape index (κ3) is 3.42. The summed E-state index contributed by atoms with van der Waals surface area (Å²) in [5, 5.41) is 15.6. The van der Waals surface area contributed by atoms with Gasteiger partial charge in [-0.2, -0.15) is 0 Å². The van der Waals surface area contributed by atoms with E-state index in [1.807, 2.05) is 23.6 Å². The summed E-state index contributed by atoms with van der Waals surface area (Å²) in [6.07, 6.45) is 5.31. The van der Waals surface area contributed by atoms with Gasteiger partial charge in [0.05, 0.1) is 5.92 Å². The van der Waals surface area contributed by atoms with Gasteiger partial charge in [0.15, 0.2) is 0 Å². The van der Waals surface area contributed by atoms with Gasteiger partial charge in [-0.1, -0.05) is 18.6 Å². The van der Waals surface area contributed by atoms with Crippen LogP contribution in [0.25, 0.3) is 10.6 Å². The molecule has 0 saturated heterocycles. The molecule has 2 atom stereocenters. The van der Waals surface area contributed by atoms with Crippen molar-refractivity contribution < 1.29 is 9.90 Å². The molecule has 3 rings (SSSR count). The minimum absolute atomic E-state index is 0.210. The number of anilines is 1. The Morgan fingerprint density at radius 1 is 1.38 bits per heavy atom. The molecular formula is C16H18N2O2S. The van der Waals surface area contributed by atoms with Gasteiger partial charge in [0.1, 0.15) is 5.01 Å². The molecule has 1 saturated carbocycles. The second-order valence-electron chi connectivity index (χ2n) is 5.46. The molecule has 1 aliphatic rings. The summed E-state index contributed by atoms with van der Waals surface area (Å²) in [5.74, 6) is -0.878. The summed E-state index contributed by atoms with van der Waals surface area (Å²) in [4.78, 5) is 15.4. The molecule has 1 heterocycles. The summed E-state index contributed by atoms with van der Waals surface area (Å²) < 4.78 is 0. The van der Waals surface area contributed by atoms with Crippen molar-refractivity contribution in [2.75, 3.05) is 5.32 Å². The lowest BCUT2D eigenvalue weighted by molar-refractivity contribution is -0.142. The second kappa shape index (κ2) is 6.26. The Labute approximate surface area is 127 Å². The van der Waals surface area contributed by atoms with E-state index in [1.165, 1.54) is 0 Å². The van der Waals surface area contributed by atoms with E-state index in [2.05, 4.69) is 16.4 Å². The minimum Gasteiger partial charge on any atom is -0.481 e. The molecule has 2 N–H and O–H groups in total. The van der Waals surface area contributed by atoms with Crippen LogP contribution in [0.2, 0.25) is 0 Å². The molecule has 2 aromatic rings. The van der Waals surface area contributed by atoms with Crippen molar-refractivity contribution in [3.8, 4) is 10.6 Å². The number of hydrogen-bond donors (Lipinski definition) is 2. The van der Waals surface area contributed by atoms with Crippen LogP contribution in [0.15, 0.2) is 35.8 Å². The molecule has 1 aliphatic carbocycles. The maximum atomic E-state index is 11.1. The molecule has 0 spiro atoms. The third-order valence-electron chi connectivity index (χ3n) is 3.94. The highest BCUT2D eigenvalue weighted by Gasteiger charge is 2.26. The highest BCUT2D eigenvalue weighted by molar-refractivity contribution is 7.13. The Bertz CT molecular complexity index is 612. The molecule has 0 amide bonds. The first-order valence-corrected chi connectivity index (χ1v) is 8.09. The number of carboxylic acids is 1. The van der Waals surface area contributed by atoms with Crippen LogP contribution in [-0.2, 0) is 4.79 Å². The van der Waals surface area contributed by atoms with E-state index in [0.29, 0.717) is 6.42 Å². The minimum atomic E-state index is -0.668. The monoisotopic (exact) mass is 302 g/mol. The van der Waals surface area contributed by atoms with Crippen molar-refractivity contribution in [3.63, 3.8) is 0 Å². The SMILES string of the molecule is O=C(O)C1CCCC(Nc2cccc(-c3nccs3)c2)C1. The zero-order valence-corrected chi connectivity index (χ0v) is 12.5. The van der Waals surface area contributed by atoms with Crippen LogP contribution in [0.3, 0.4) is 0 Å². The first kappa shape index (κ1) is 14.1. The van der Waals surface area contributed by atoms with Gasteiger partial charge in [0.2, 0.25) is 0 Å². The van der Waals surface area contributed by atoms with Crippen molar-refractivity contribution >= 4 is 23.0 Å². The number of benzene rings is 1. The lowest BCUT2D eigenvalue weighted by Crippen LogP contribution is -2.30. The van der Waals surface area contributed by atoms with Crippen molar-refractivity contribution in [1.82, 2.24) is 4.98 Å². The predicted octanol–water partition coefficient (Wildman–Crippen LogP) is 3.87. The number of nitrogens with one attached hydrogen (secondary N) is 1. The largest absolute Gasteiger partial charge is 0.481 e. The lowest BCUT2D eigenvalue weighted by atomic mass is 9.85. The molecule has 5 heteroatoms. The molecule has 2 unspecified atom stereocenters. The van der Waals surface area contributed by atoms with Crippen molar-refractivity contribution in [2.45, 2.75) is 31.7 Å². The number of thiazole rings is 1. The molecule has 1 fully saturated rings. The molecule has 0 radical (unpaired) electrons. The van der Waals surface area contributed by atoms with Gasteiger partial charge in [-0.3, -0.25) is 4.79 Å². The molecule has 21 heavy (non-hydrogen) atoms. The van der Waals surface area contributed by atoms with E-state index < -0.39 is 5.97 Å². The first-order chi connectivity index (χ1) is 10.2. The van der Waals surface area contributed by atoms with E-state index in [-0.39, 0.29) is 12.0 Å². The Balaban J connectivity index is 1.70. The molecule has 4 nitrogen and oxygen atoms in total. The van der Waals surface area contributed by atoms with E-state index in [1.54, 1.807) is 17.5 Å². The van der Waals surface area contributed by atoms with E-state index in [0.717, 1.165) is 35.5 Å². The summed E-state index contributed by atoms with van der Waals surface area (Å²) in [6.45, 7) is 0. The van der Waals surface area contributed by atoms with E-state index in [9.17, 15) is 4.79 Å². The Morgan fingerprint density at radius 3 is 3.05 bits per heavy atom. The van der Waals surface area contributed by atoms with Gasteiger partial charge in [0, 0.05) is 28.9 Å². The number of carbonyl (C=O) groups is 1. The highest BCUT2D eigenvalue weighted by atomic mass is 32.1. The zero-order chi connectivity index (χ0) is 14.7. The summed E-state index contributed by atoms with van der Waals surface area (Å²) in [7, 11) is 0. The normalized spacial score (nSPS) is 21.9. The number of aliphatic carboxylic acids is 1. The Kier molecular flexibility index (Phi) is 4.20. The average Bonchev–Trinajstić information content (AvgIpc) is 3.02. The van der Waals surface area contributed by atoms with E-state index in [4.69, 9.17) is 5.11 Å². The first-order valence-electron chi connectivity index (χ1n) is 7.21. The maximum Gasteiger partial charge on any atom is 0.306 e. The standard InChI is InChI=1S/C16H18N2O2S/c19-16(20)12-4-2-6-14(10-12)18-13-5-1-3-11(9-13)15-17-7-8-21-15/h1,3,5,7-9,12,14,18H,2,4,6,10H2,(H,19,20). The summed E-state index contributed by atoms with van der Waals surface area (Å²) in [6, 6.07) is 8.41. The van der Waals surface area contributed by atoms with Gasteiger partial charge in [-0.05, 0) is 31.4 Å². The van der Waals surface area contributed by atoms with Gasteiger partial charge < -0.3 is 10.4 Å². The zero-order valence-electron chi connectivity index (χ0n) is 11.7.